The number of aliphatic hydroxyl groups excluding tert-OH is 1. The molecule has 0 saturated heterocycles. The summed E-state index contributed by atoms with van der Waals surface area (Å²) in [6.07, 6.45) is -4.36. The number of nitrogens with zero attached hydrogens (tertiary/aromatic N) is 3. The van der Waals surface area contributed by atoms with Gasteiger partial charge >= 0.3 is 18.3 Å². The Hall–Kier alpha value is -5.36. The van der Waals surface area contributed by atoms with Gasteiger partial charge in [0.05, 0.1) is 30.2 Å². The van der Waals surface area contributed by atoms with Gasteiger partial charge in [-0.15, -0.1) is 10.6 Å². The Morgan fingerprint density at radius 1 is 1.00 bits per heavy atom. The van der Waals surface area contributed by atoms with Gasteiger partial charge in [-0.3, -0.25) is 4.36 Å². The SMILES string of the molecule is CCOC(=O)N=[S-](=O)c1ccc(Nc2ncc(-c3ccc(NC(=O)Nc4cc(C(F)(F)F)ccc4F)c(F)c3)c(NC(C)CO)n2)cc1. The number of carbonyl (C=O) groups excluding carboxylic acids is 2. The van der Waals surface area contributed by atoms with Gasteiger partial charge in [-0.05, 0) is 61.9 Å². The van der Waals surface area contributed by atoms with Gasteiger partial charge in [-0.2, -0.15) is 18.2 Å². The Labute approximate surface area is 272 Å². The van der Waals surface area contributed by atoms with Crippen molar-refractivity contribution in [3.8, 4) is 11.1 Å². The highest BCUT2D eigenvalue weighted by Gasteiger charge is 2.31. The van der Waals surface area contributed by atoms with Gasteiger partial charge in [0.2, 0.25) is 5.95 Å². The first-order valence-corrected chi connectivity index (χ1v) is 15.0. The van der Waals surface area contributed by atoms with E-state index in [4.69, 9.17) is 0 Å². The highest BCUT2D eigenvalue weighted by Crippen LogP contribution is 2.33. The minimum Gasteiger partial charge on any atom is -0.450 e. The lowest BCUT2D eigenvalue weighted by molar-refractivity contribution is -0.137. The minimum absolute atomic E-state index is 0.0870. The Morgan fingerprint density at radius 2 is 1.71 bits per heavy atom. The van der Waals surface area contributed by atoms with Gasteiger partial charge < -0.3 is 35.3 Å². The molecule has 0 radical (unpaired) electrons. The average Bonchev–Trinajstić information content (AvgIpc) is 3.03. The van der Waals surface area contributed by atoms with E-state index in [1.165, 1.54) is 30.5 Å². The molecule has 254 valence electrons. The zero-order valence-electron chi connectivity index (χ0n) is 25.1. The highest BCUT2D eigenvalue weighted by atomic mass is 32.2. The van der Waals surface area contributed by atoms with Gasteiger partial charge in [0, 0.05) is 23.5 Å². The molecular formula is C30H27F5N7O5S-. The summed E-state index contributed by atoms with van der Waals surface area (Å²) in [5, 5.41) is 19.6. The number of aliphatic hydroxyl groups is 1. The van der Waals surface area contributed by atoms with Crippen molar-refractivity contribution >= 4 is 51.5 Å². The molecule has 4 aromatic rings. The first-order chi connectivity index (χ1) is 22.8. The lowest BCUT2D eigenvalue weighted by atomic mass is 10.1. The van der Waals surface area contributed by atoms with Gasteiger partial charge in [0.15, 0.2) is 0 Å². The van der Waals surface area contributed by atoms with Gasteiger partial charge in [0.1, 0.15) is 17.5 Å². The second-order valence-corrected chi connectivity index (χ2v) is 11.0. The number of amides is 3. The van der Waals surface area contributed by atoms with Crippen LogP contribution in [0.3, 0.4) is 0 Å². The number of anilines is 5. The van der Waals surface area contributed by atoms with Crippen molar-refractivity contribution in [1.29, 1.82) is 0 Å². The van der Waals surface area contributed by atoms with Crippen LogP contribution in [0.5, 0.6) is 0 Å². The van der Waals surface area contributed by atoms with Crippen LogP contribution in [0, 0.1) is 11.6 Å². The second-order valence-electron chi connectivity index (χ2n) is 9.84. The molecule has 5 N–H and O–H groups in total. The fraction of sp³-hybridized carbons (Fsp3) is 0.200. The summed E-state index contributed by atoms with van der Waals surface area (Å²) in [6.45, 7) is 3.07. The number of ether oxygens (including phenoxy) is 1. The van der Waals surface area contributed by atoms with Crippen molar-refractivity contribution in [3.63, 3.8) is 0 Å². The normalized spacial score (nSPS) is 12.6. The van der Waals surface area contributed by atoms with Crippen LogP contribution in [0.1, 0.15) is 19.4 Å². The van der Waals surface area contributed by atoms with Gasteiger partial charge in [-0.25, -0.2) is 23.4 Å². The van der Waals surface area contributed by atoms with Crippen molar-refractivity contribution in [2.24, 2.45) is 4.36 Å². The van der Waals surface area contributed by atoms with Crippen LogP contribution in [-0.2, 0) is 25.7 Å². The first-order valence-electron chi connectivity index (χ1n) is 13.9. The number of halogens is 5. The van der Waals surface area contributed by atoms with E-state index < -0.39 is 57.8 Å². The van der Waals surface area contributed by atoms with Crippen LogP contribution >= 0.6 is 0 Å². The molecule has 4 rings (SSSR count). The summed E-state index contributed by atoms with van der Waals surface area (Å²) < 4.78 is 88.5. The number of nitrogens with one attached hydrogen (secondary N) is 4. The first kappa shape index (κ1) is 35.5. The fourth-order valence-electron chi connectivity index (χ4n) is 3.95. The van der Waals surface area contributed by atoms with Gasteiger partial charge in [0.25, 0.3) is 0 Å². The number of alkyl halides is 3. The van der Waals surface area contributed by atoms with Crippen molar-refractivity contribution in [3.05, 3.63) is 84.1 Å². The summed E-state index contributed by atoms with van der Waals surface area (Å²) >= 11 is 0. The molecule has 0 aliphatic heterocycles. The number of hydrogen-bond donors (Lipinski definition) is 5. The van der Waals surface area contributed by atoms with Crippen LogP contribution in [0.15, 0.2) is 76.1 Å². The van der Waals surface area contributed by atoms with E-state index in [1.807, 2.05) is 5.32 Å². The molecule has 48 heavy (non-hydrogen) atoms. The molecule has 0 spiro atoms. The lowest BCUT2D eigenvalue weighted by Gasteiger charge is -2.17. The maximum Gasteiger partial charge on any atom is 0.416 e. The lowest BCUT2D eigenvalue weighted by Crippen LogP contribution is -2.21. The Morgan fingerprint density at radius 3 is 2.35 bits per heavy atom. The molecule has 1 unspecified atom stereocenters. The van der Waals surface area contributed by atoms with Crippen molar-refractivity contribution in [1.82, 2.24) is 9.97 Å². The maximum absolute atomic E-state index is 15.1. The van der Waals surface area contributed by atoms with Crippen molar-refractivity contribution in [2.75, 3.05) is 34.5 Å². The Bertz CT molecular complexity index is 1890. The molecule has 12 nitrogen and oxygen atoms in total. The van der Waals surface area contributed by atoms with E-state index in [0.717, 1.165) is 6.07 Å². The Kier molecular flexibility index (Phi) is 11.5. The van der Waals surface area contributed by atoms with Crippen LogP contribution < -0.4 is 21.3 Å². The molecule has 3 amide bonds. The number of hydrogen-bond acceptors (Lipinski definition) is 10. The third-order valence-corrected chi connectivity index (χ3v) is 7.24. The number of carbonyl (C=O) groups is 2. The monoisotopic (exact) mass is 692 g/mol. The van der Waals surface area contributed by atoms with E-state index in [9.17, 15) is 36.5 Å². The minimum atomic E-state index is -4.78. The number of aromatic nitrogens is 2. The molecule has 0 aliphatic carbocycles. The van der Waals surface area contributed by atoms with E-state index >= 15 is 4.39 Å². The number of rotatable bonds is 10. The molecule has 0 aliphatic rings. The molecular weight excluding hydrogens is 665 g/mol. The largest absolute Gasteiger partial charge is 0.450 e. The zero-order valence-corrected chi connectivity index (χ0v) is 25.9. The summed E-state index contributed by atoms with van der Waals surface area (Å²) in [5.74, 6) is -1.78. The van der Waals surface area contributed by atoms with E-state index in [2.05, 4.69) is 35.0 Å². The van der Waals surface area contributed by atoms with E-state index in [1.54, 1.807) is 26.0 Å². The predicted molar refractivity (Wildman–Crippen MR) is 167 cm³/mol. The molecule has 1 atom stereocenters. The smallest absolute Gasteiger partial charge is 0.416 e. The zero-order chi connectivity index (χ0) is 35.0. The van der Waals surface area contributed by atoms with Crippen molar-refractivity contribution in [2.45, 2.75) is 31.0 Å². The standard InChI is InChI=1S/C30H27F5N7O5S/c1-3-47-29(45)42-48(46)20-8-6-19(7-9-20)38-27-36-14-21(26(41-27)37-16(2)15-43)17-4-11-24(23(32)12-17)39-28(44)40-25-13-18(30(33,34)35)5-10-22(25)31/h4-14,16,43H,3,15H2,1-2H3,(H2,39,40,44)(H2,36,37,38,41)/q-1. The second kappa shape index (κ2) is 15.5. The summed E-state index contributed by atoms with van der Waals surface area (Å²) in [5.41, 5.74) is -1.28. The summed E-state index contributed by atoms with van der Waals surface area (Å²) in [4.78, 5) is 32.8. The number of urea groups is 1. The Balaban J connectivity index is 1.52. The van der Waals surface area contributed by atoms with Gasteiger partial charge in [-0.1, -0.05) is 23.1 Å². The summed E-state index contributed by atoms with van der Waals surface area (Å²) in [7, 11) is -1.98. The number of benzene rings is 3. The molecule has 0 saturated carbocycles. The average molecular weight is 693 g/mol. The van der Waals surface area contributed by atoms with E-state index in [0.29, 0.717) is 29.4 Å². The molecule has 18 heteroatoms. The fourth-order valence-corrected chi connectivity index (χ4v) is 4.62. The predicted octanol–water partition coefficient (Wildman–Crippen LogP) is 7.28. The van der Waals surface area contributed by atoms with Crippen molar-refractivity contribution < 1.29 is 45.6 Å². The topological polar surface area (TPSA) is 167 Å². The molecule has 1 aromatic heterocycles. The van der Waals surface area contributed by atoms with Crippen LogP contribution in [0.2, 0.25) is 0 Å². The highest BCUT2D eigenvalue weighted by molar-refractivity contribution is 7.75. The molecule has 0 bridgehead atoms. The quantitative estimate of drug-likeness (QED) is 0.0848. The van der Waals surface area contributed by atoms with Crippen LogP contribution in [0.25, 0.3) is 11.1 Å². The molecule has 1 heterocycles. The van der Waals surface area contributed by atoms with Crippen LogP contribution in [0.4, 0.5) is 60.4 Å². The summed E-state index contributed by atoms with van der Waals surface area (Å²) in [6, 6.07) is 9.46. The third kappa shape index (κ3) is 9.35. The molecule has 3 aromatic carbocycles. The van der Waals surface area contributed by atoms with E-state index in [-0.39, 0.29) is 41.1 Å². The van der Waals surface area contributed by atoms with Crippen LogP contribution in [-0.4, -0.2) is 46.5 Å². The maximum atomic E-state index is 15.1. The third-order valence-electron chi connectivity index (χ3n) is 6.25. The molecule has 0 fully saturated rings.